The first kappa shape index (κ1) is 21.6. The number of hydrogen-bond donors (Lipinski definition) is 0. The number of hydrogen-bond acceptors (Lipinski definition) is 9. The Hall–Kier alpha value is -2.58. The molecule has 0 radical (unpaired) electrons. The van der Waals surface area contributed by atoms with Gasteiger partial charge in [-0.2, -0.15) is 5.26 Å². The number of aryl methyl sites for hydroxylation is 1. The van der Waals surface area contributed by atoms with Gasteiger partial charge in [-0.25, -0.2) is 9.97 Å². The fourth-order valence-electron chi connectivity index (χ4n) is 3.01. The number of Topliss-reactive ketones (excluding diaryl/α,β-unsaturated/α-hetero) is 1. The minimum absolute atomic E-state index is 0.0229. The molecule has 0 spiro atoms. The molecule has 0 amide bonds. The van der Waals surface area contributed by atoms with E-state index in [0.29, 0.717) is 20.4 Å². The molecule has 4 aromatic heterocycles. The summed E-state index contributed by atoms with van der Waals surface area (Å²) in [4.78, 5) is 36.6. The number of carbonyl (C=O) groups is 1. The minimum Gasteiger partial charge on any atom is -0.297 e. The summed E-state index contributed by atoms with van der Waals surface area (Å²) in [5, 5.41) is 16.7. The molecule has 0 bridgehead atoms. The Bertz CT molecular complexity index is 1360. The summed E-state index contributed by atoms with van der Waals surface area (Å²) < 4.78 is 1.53. The summed E-state index contributed by atoms with van der Waals surface area (Å²) in [6, 6.07) is 5.98. The fourth-order valence-corrected chi connectivity index (χ4v) is 6.59. The Morgan fingerprint density at radius 1 is 1.35 bits per heavy atom. The molecule has 0 N–H and O–H groups in total. The van der Waals surface area contributed by atoms with Crippen molar-refractivity contribution in [3.63, 3.8) is 0 Å². The number of rotatable bonds is 8. The van der Waals surface area contributed by atoms with Crippen LogP contribution in [-0.2, 0) is 11.3 Å². The van der Waals surface area contributed by atoms with Crippen molar-refractivity contribution in [1.29, 1.82) is 5.26 Å². The third kappa shape index (κ3) is 4.27. The number of thiazole rings is 1. The van der Waals surface area contributed by atoms with Crippen molar-refractivity contribution in [3.05, 3.63) is 62.0 Å². The van der Waals surface area contributed by atoms with Crippen LogP contribution in [0.5, 0.6) is 0 Å². The third-order valence-electron chi connectivity index (χ3n) is 4.44. The van der Waals surface area contributed by atoms with E-state index in [1.165, 1.54) is 39.0 Å². The number of thioether (sulfide) groups is 1. The van der Waals surface area contributed by atoms with E-state index in [-0.39, 0.29) is 23.6 Å². The molecule has 0 saturated heterocycles. The van der Waals surface area contributed by atoms with Gasteiger partial charge in [-0.15, -0.1) is 40.6 Å². The van der Waals surface area contributed by atoms with Crippen LogP contribution < -0.4 is 5.56 Å². The number of ketones is 1. The van der Waals surface area contributed by atoms with Gasteiger partial charge in [-0.3, -0.25) is 14.2 Å². The fraction of sp³-hybridized carbons (Fsp3) is 0.190. The van der Waals surface area contributed by atoms with E-state index in [2.05, 4.69) is 22.6 Å². The lowest BCUT2D eigenvalue weighted by Crippen LogP contribution is -2.23. The molecule has 1 atom stereocenters. The maximum absolute atomic E-state index is 13.3. The molecule has 4 aromatic rings. The molecule has 0 aromatic carbocycles. The van der Waals surface area contributed by atoms with E-state index in [9.17, 15) is 14.9 Å². The Kier molecular flexibility index (Phi) is 6.48. The average Bonchev–Trinajstić information content (AvgIpc) is 3.50. The Morgan fingerprint density at radius 2 is 2.19 bits per heavy atom. The highest BCUT2D eigenvalue weighted by Gasteiger charge is 2.25. The lowest BCUT2D eigenvalue weighted by Gasteiger charge is -2.11. The van der Waals surface area contributed by atoms with Gasteiger partial charge in [0.2, 0.25) is 0 Å². The summed E-state index contributed by atoms with van der Waals surface area (Å²) in [5.41, 5.74) is 1.50. The zero-order valence-corrected chi connectivity index (χ0v) is 19.7. The van der Waals surface area contributed by atoms with Gasteiger partial charge in [0, 0.05) is 33.4 Å². The maximum Gasteiger partial charge on any atom is 0.263 e. The summed E-state index contributed by atoms with van der Waals surface area (Å²) in [7, 11) is 0. The van der Waals surface area contributed by atoms with Crippen molar-refractivity contribution >= 4 is 61.8 Å². The highest BCUT2D eigenvalue weighted by atomic mass is 32.2. The summed E-state index contributed by atoms with van der Waals surface area (Å²) in [6.45, 7) is 5.86. The van der Waals surface area contributed by atoms with Crippen molar-refractivity contribution in [3.8, 4) is 16.5 Å². The van der Waals surface area contributed by atoms with E-state index in [0.717, 1.165) is 16.1 Å². The number of carbonyl (C=O) groups excluding carboxylic acids is 1. The maximum atomic E-state index is 13.3. The standard InChI is InChI=1S/C21H16N4O2S4/c1-3-6-25-20(27)17-14(16-5-4-7-28-16)10-30-19(17)24-21(25)31-11-15(26)13(8-22)18-23-12(2)9-29-18/h3-5,7,9-10,13H,1,6,11H2,2H3/t13-/m1/s1. The zero-order chi connectivity index (χ0) is 22.0. The van der Waals surface area contributed by atoms with Crippen LogP contribution in [0.3, 0.4) is 0 Å². The van der Waals surface area contributed by atoms with E-state index in [1.807, 2.05) is 35.2 Å². The second-order valence-electron chi connectivity index (χ2n) is 6.55. The molecule has 0 aliphatic heterocycles. The smallest absolute Gasteiger partial charge is 0.263 e. The number of thiophene rings is 2. The van der Waals surface area contributed by atoms with Gasteiger partial charge in [0.15, 0.2) is 16.9 Å². The lowest BCUT2D eigenvalue weighted by atomic mass is 10.1. The summed E-state index contributed by atoms with van der Waals surface area (Å²) in [5.74, 6) is -1.15. The molecule has 0 aliphatic carbocycles. The van der Waals surface area contributed by atoms with Gasteiger partial charge in [0.25, 0.3) is 5.56 Å². The highest BCUT2D eigenvalue weighted by molar-refractivity contribution is 7.99. The molecule has 6 nitrogen and oxygen atoms in total. The summed E-state index contributed by atoms with van der Waals surface area (Å²) in [6.07, 6.45) is 1.63. The molecule has 0 aliphatic rings. The van der Waals surface area contributed by atoms with Gasteiger partial charge in [-0.05, 0) is 18.4 Å². The van der Waals surface area contributed by atoms with Gasteiger partial charge < -0.3 is 0 Å². The van der Waals surface area contributed by atoms with Crippen LogP contribution in [0.2, 0.25) is 0 Å². The molecule has 4 heterocycles. The first-order chi connectivity index (χ1) is 15.0. The molecule has 0 saturated carbocycles. The van der Waals surface area contributed by atoms with Crippen molar-refractivity contribution in [1.82, 2.24) is 14.5 Å². The molecule has 0 fully saturated rings. The first-order valence-corrected chi connectivity index (χ1v) is 12.8. The van der Waals surface area contributed by atoms with Crippen LogP contribution in [0.25, 0.3) is 20.7 Å². The zero-order valence-electron chi connectivity index (χ0n) is 16.4. The Labute approximate surface area is 194 Å². The Morgan fingerprint density at radius 3 is 2.84 bits per heavy atom. The molecule has 0 unspecified atom stereocenters. The normalized spacial score (nSPS) is 12.0. The van der Waals surface area contributed by atoms with Gasteiger partial charge in [0.05, 0.1) is 17.2 Å². The molecule has 10 heteroatoms. The van der Waals surface area contributed by atoms with Crippen LogP contribution >= 0.6 is 45.8 Å². The predicted molar refractivity (Wildman–Crippen MR) is 128 cm³/mol. The van der Waals surface area contributed by atoms with Crippen molar-refractivity contribution in [2.75, 3.05) is 5.75 Å². The molecular formula is C21H16N4O2S4. The van der Waals surface area contributed by atoms with Crippen molar-refractivity contribution in [2.24, 2.45) is 0 Å². The monoisotopic (exact) mass is 484 g/mol. The van der Waals surface area contributed by atoms with Gasteiger partial charge in [-0.1, -0.05) is 23.9 Å². The number of nitriles is 1. The highest BCUT2D eigenvalue weighted by Crippen LogP contribution is 2.34. The van der Waals surface area contributed by atoms with E-state index in [4.69, 9.17) is 0 Å². The quantitative estimate of drug-likeness (QED) is 0.196. The predicted octanol–water partition coefficient (Wildman–Crippen LogP) is 5.11. The number of fused-ring (bicyclic) bond motifs is 1. The van der Waals surface area contributed by atoms with E-state index < -0.39 is 5.92 Å². The van der Waals surface area contributed by atoms with Crippen LogP contribution in [0.4, 0.5) is 0 Å². The van der Waals surface area contributed by atoms with Crippen LogP contribution in [0.1, 0.15) is 16.6 Å². The third-order valence-corrected chi connectivity index (χ3v) is 8.24. The number of aromatic nitrogens is 3. The molecule has 4 rings (SSSR count). The van der Waals surface area contributed by atoms with Crippen LogP contribution in [0, 0.1) is 18.3 Å². The van der Waals surface area contributed by atoms with Gasteiger partial charge >= 0.3 is 0 Å². The SMILES string of the molecule is C=CCn1c(SCC(=O)[C@@H](C#N)c2nc(C)cs2)nc2scc(-c3cccs3)c2c1=O. The van der Waals surface area contributed by atoms with Crippen LogP contribution in [0.15, 0.2) is 50.9 Å². The van der Waals surface area contributed by atoms with Crippen molar-refractivity contribution < 1.29 is 4.79 Å². The average molecular weight is 485 g/mol. The largest absolute Gasteiger partial charge is 0.297 e. The topological polar surface area (TPSA) is 88.6 Å². The van der Waals surface area contributed by atoms with Crippen molar-refractivity contribution in [2.45, 2.75) is 24.5 Å². The van der Waals surface area contributed by atoms with Gasteiger partial charge in [0.1, 0.15) is 9.84 Å². The Balaban J connectivity index is 1.66. The van der Waals surface area contributed by atoms with E-state index >= 15 is 0 Å². The first-order valence-electron chi connectivity index (χ1n) is 9.17. The summed E-state index contributed by atoms with van der Waals surface area (Å²) >= 11 is 5.45. The minimum atomic E-state index is -0.915. The second-order valence-corrected chi connectivity index (χ2v) is 10.2. The van der Waals surface area contributed by atoms with Crippen LogP contribution in [-0.4, -0.2) is 26.1 Å². The second kappa shape index (κ2) is 9.28. The van der Waals surface area contributed by atoms with E-state index in [1.54, 1.807) is 17.4 Å². The molecule has 156 valence electrons. The number of allylic oxidation sites excluding steroid dienone is 1. The molecular weight excluding hydrogens is 469 g/mol. The lowest BCUT2D eigenvalue weighted by molar-refractivity contribution is -0.116. The molecule has 31 heavy (non-hydrogen) atoms. The number of nitrogens with zero attached hydrogens (tertiary/aromatic N) is 4.